The molecular weight excluding hydrogens is 310 g/mol. The van der Waals surface area contributed by atoms with Crippen LogP contribution in [0.1, 0.15) is 50.4 Å². The average molecular weight is 331 g/mol. The van der Waals surface area contributed by atoms with Crippen molar-refractivity contribution in [3.63, 3.8) is 0 Å². The van der Waals surface area contributed by atoms with E-state index < -0.39 is 5.56 Å². The number of aliphatic imine (C=N–C) groups is 1. The van der Waals surface area contributed by atoms with Crippen LogP contribution < -0.4 is 5.56 Å². The first-order chi connectivity index (χ1) is 11.0. The van der Waals surface area contributed by atoms with Gasteiger partial charge in [-0.25, -0.2) is 0 Å². The Hall–Kier alpha value is -2.21. The Morgan fingerprint density at radius 3 is 2.61 bits per heavy atom. The summed E-state index contributed by atoms with van der Waals surface area (Å²) in [5.74, 6) is -0.142. The van der Waals surface area contributed by atoms with Crippen molar-refractivity contribution in [2.75, 3.05) is 0 Å². The second-order valence-corrected chi connectivity index (χ2v) is 5.88. The van der Waals surface area contributed by atoms with Crippen molar-refractivity contribution in [2.24, 2.45) is 4.99 Å². The molecule has 1 heterocycles. The SMILES string of the molecule is CCC(C)n1c(O)c(C=NC(C)c2ccccc2)c(=O)[nH]c1=S. The fraction of sp³-hybridized carbons (Fsp3) is 0.353. The third kappa shape index (κ3) is 3.76. The molecule has 6 heteroatoms. The van der Waals surface area contributed by atoms with Crippen LogP contribution in [0.4, 0.5) is 0 Å². The van der Waals surface area contributed by atoms with Gasteiger partial charge in [-0.05, 0) is 38.0 Å². The summed E-state index contributed by atoms with van der Waals surface area (Å²) in [5, 5.41) is 10.4. The van der Waals surface area contributed by atoms with E-state index in [9.17, 15) is 9.90 Å². The van der Waals surface area contributed by atoms with E-state index in [0.717, 1.165) is 12.0 Å². The molecule has 0 radical (unpaired) electrons. The van der Waals surface area contributed by atoms with E-state index in [1.165, 1.54) is 6.21 Å². The molecule has 0 aliphatic rings. The summed E-state index contributed by atoms with van der Waals surface area (Å²) in [6.45, 7) is 5.85. The van der Waals surface area contributed by atoms with Gasteiger partial charge >= 0.3 is 0 Å². The lowest BCUT2D eigenvalue weighted by atomic mass is 10.1. The van der Waals surface area contributed by atoms with Gasteiger partial charge in [0.1, 0.15) is 5.56 Å². The van der Waals surface area contributed by atoms with Crippen molar-refractivity contribution in [1.82, 2.24) is 9.55 Å². The molecule has 2 atom stereocenters. The maximum Gasteiger partial charge on any atom is 0.264 e. The minimum Gasteiger partial charge on any atom is -0.494 e. The Balaban J connectivity index is 2.42. The second-order valence-electron chi connectivity index (χ2n) is 5.49. The number of hydrogen-bond acceptors (Lipinski definition) is 4. The summed E-state index contributed by atoms with van der Waals surface area (Å²) in [5.41, 5.74) is 0.729. The number of benzene rings is 1. The highest BCUT2D eigenvalue weighted by molar-refractivity contribution is 7.71. The highest BCUT2D eigenvalue weighted by Crippen LogP contribution is 2.21. The van der Waals surface area contributed by atoms with Crippen LogP contribution in [0.15, 0.2) is 40.1 Å². The largest absolute Gasteiger partial charge is 0.494 e. The quantitative estimate of drug-likeness (QED) is 0.647. The van der Waals surface area contributed by atoms with Gasteiger partial charge in [0.05, 0.1) is 6.04 Å². The molecule has 2 aromatic rings. The molecule has 1 aromatic carbocycles. The fourth-order valence-corrected chi connectivity index (χ4v) is 2.62. The molecule has 0 aliphatic carbocycles. The highest BCUT2D eigenvalue weighted by Gasteiger charge is 2.14. The minimum atomic E-state index is -0.434. The molecule has 0 aliphatic heterocycles. The summed E-state index contributed by atoms with van der Waals surface area (Å²) in [4.78, 5) is 19.1. The molecular formula is C17H21N3O2S. The lowest BCUT2D eigenvalue weighted by Gasteiger charge is -2.17. The van der Waals surface area contributed by atoms with E-state index in [-0.39, 0.29) is 28.3 Å². The smallest absolute Gasteiger partial charge is 0.264 e. The number of aromatic hydroxyl groups is 1. The molecule has 0 fully saturated rings. The van der Waals surface area contributed by atoms with E-state index in [1.54, 1.807) is 4.57 Å². The number of aromatic nitrogens is 2. The predicted molar refractivity (Wildman–Crippen MR) is 95.0 cm³/mol. The third-order valence-electron chi connectivity index (χ3n) is 3.89. The molecule has 23 heavy (non-hydrogen) atoms. The van der Waals surface area contributed by atoms with Crippen LogP contribution in [0.3, 0.4) is 0 Å². The number of nitrogens with zero attached hydrogens (tertiary/aromatic N) is 2. The summed E-state index contributed by atoms with van der Waals surface area (Å²) in [7, 11) is 0. The van der Waals surface area contributed by atoms with E-state index in [2.05, 4.69) is 9.98 Å². The van der Waals surface area contributed by atoms with Crippen molar-refractivity contribution in [1.29, 1.82) is 0 Å². The Bertz CT molecular complexity index is 809. The Labute approximate surface area is 140 Å². The molecule has 0 saturated carbocycles. The molecule has 2 N–H and O–H groups in total. The molecule has 0 spiro atoms. The number of H-pyrrole nitrogens is 1. The molecule has 0 bridgehead atoms. The van der Waals surface area contributed by atoms with Gasteiger partial charge in [-0.15, -0.1) is 0 Å². The van der Waals surface area contributed by atoms with Gasteiger partial charge in [0, 0.05) is 12.3 Å². The first kappa shape index (κ1) is 17.1. The highest BCUT2D eigenvalue weighted by atomic mass is 32.1. The van der Waals surface area contributed by atoms with E-state index in [0.29, 0.717) is 0 Å². The van der Waals surface area contributed by atoms with Crippen molar-refractivity contribution in [3.8, 4) is 5.88 Å². The van der Waals surface area contributed by atoms with Crippen molar-refractivity contribution >= 4 is 18.4 Å². The lowest BCUT2D eigenvalue weighted by molar-refractivity contribution is 0.371. The van der Waals surface area contributed by atoms with Gasteiger partial charge in [-0.1, -0.05) is 37.3 Å². The number of rotatable bonds is 5. The maximum absolute atomic E-state index is 12.1. The van der Waals surface area contributed by atoms with Crippen LogP contribution in [-0.4, -0.2) is 20.9 Å². The fourth-order valence-electron chi connectivity index (χ4n) is 2.26. The lowest BCUT2D eigenvalue weighted by Crippen LogP contribution is -2.20. The summed E-state index contributed by atoms with van der Waals surface area (Å²) < 4.78 is 1.76. The summed E-state index contributed by atoms with van der Waals surface area (Å²) >= 11 is 5.14. The zero-order valence-electron chi connectivity index (χ0n) is 13.5. The van der Waals surface area contributed by atoms with Crippen molar-refractivity contribution in [2.45, 2.75) is 39.3 Å². The Kier molecular flexibility index (Phi) is 5.50. The summed E-state index contributed by atoms with van der Waals surface area (Å²) in [6, 6.07) is 9.63. The van der Waals surface area contributed by atoms with Gasteiger partial charge in [-0.3, -0.25) is 19.3 Å². The molecule has 2 unspecified atom stereocenters. The normalized spacial score (nSPS) is 14.0. The Morgan fingerprint density at radius 2 is 2.00 bits per heavy atom. The van der Waals surface area contributed by atoms with Crippen molar-refractivity contribution < 1.29 is 5.11 Å². The summed E-state index contributed by atoms with van der Waals surface area (Å²) in [6.07, 6.45) is 2.20. The van der Waals surface area contributed by atoms with Crippen molar-refractivity contribution in [3.05, 3.63) is 56.6 Å². The predicted octanol–water partition coefficient (Wildman–Crippen LogP) is 3.76. The first-order valence-corrected chi connectivity index (χ1v) is 8.02. The second kappa shape index (κ2) is 7.37. The number of aromatic amines is 1. The molecule has 122 valence electrons. The van der Waals surface area contributed by atoms with Crippen LogP contribution in [0, 0.1) is 4.77 Å². The van der Waals surface area contributed by atoms with Crippen LogP contribution in [0.25, 0.3) is 0 Å². The monoisotopic (exact) mass is 331 g/mol. The minimum absolute atomic E-state index is 0.0157. The average Bonchev–Trinajstić information content (AvgIpc) is 2.54. The van der Waals surface area contributed by atoms with E-state index in [1.807, 2.05) is 51.1 Å². The topological polar surface area (TPSA) is 70.4 Å². The zero-order chi connectivity index (χ0) is 17.0. The van der Waals surface area contributed by atoms with Gasteiger partial charge in [0.15, 0.2) is 4.77 Å². The van der Waals surface area contributed by atoms with Gasteiger partial charge in [0.2, 0.25) is 5.88 Å². The molecule has 5 nitrogen and oxygen atoms in total. The molecule has 0 saturated heterocycles. The van der Waals surface area contributed by atoms with E-state index >= 15 is 0 Å². The van der Waals surface area contributed by atoms with Gasteiger partial charge in [0.25, 0.3) is 5.56 Å². The van der Waals surface area contributed by atoms with Crippen LogP contribution in [-0.2, 0) is 0 Å². The van der Waals surface area contributed by atoms with Crippen LogP contribution in [0.5, 0.6) is 5.88 Å². The molecule has 2 rings (SSSR count). The third-order valence-corrected chi connectivity index (χ3v) is 4.19. The number of nitrogens with one attached hydrogen (secondary N) is 1. The standard InChI is InChI=1S/C17H21N3O2S/c1-4-11(2)20-16(22)14(15(21)19-17(20)23)10-18-12(3)13-8-6-5-7-9-13/h5-12,22H,4H2,1-3H3,(H,19,21,23). The molecule has 1 aromatic heterocycles. The Morgan fingerprint density at radius 1 is 1.35 bits per heavy atom. The van der Waals surface area contributed by atoms with Gasteiger partial charge in [-0.2, -0.15) is 0 Å². The van der Waals surface area contributed by atoms with Gasteiger partial charge < -0.3 is 5.11 Å². The molecule has 0 amide bonds. The number of hydrogen-bond donors (Lipinski definition) is 2. The van der Waals surface area contributed by atoms with Crippen LogP contribution >= 0.6 is 12.2 Å². The van der Waals surface area contributed by atoms with E-state index in [4.69, 9.17) is 12.2 Å². The van der Waals surface area contributed by atoms with Crippen LogP contribution in [0.2, 0.25) is 0 Å². The maximum atomic E-state index is 12.1. The first-order valence-electron chi connectivity index (χ1n) is 7.61. The zero-order valence-corrected chi connectivity index (χ0v) is 14.3.